The lowest BCUT2D eigenvalue weighted by Crippen LogP contribution is -2.49. The van der Waals surface area contributed by atoms with Crippen molar-refractivity contribution in [1.82, 2.24) is 9.80 Å². The predicted octanol–water partition coefficient (Wildman–Crippen LogP) is 10.8. The molecule has 11 unspecified atom stereocenters. The monoisotopic (exact) mass is 603 g/mol. The van der Waals surface area contributed by atoms with Gasteiger partial charge in [-0.15, -0.1) is 0 Å². The highest BCUT2D eigenvalue weighted by Crippen LogP contribution is 2.59. The van der Waals surface area contributed by atoms with Crippen LogP contribution in [0.1, 0.15) is 180 Å². The average molecular weight is 603 g/mol. The minimum Gasteiger partial charge on any atom is -0.294 e. The Hall–Kier alpha value is -0.0800. The van der Waals surface area contributed by atoms with Crippen LogP contribution in [-0.4, -0.2) is 46.1 Å². The Kier molecular flexibility index (Phi) is 8.93. The van der Waals surface area contributed by atoms with E-state index in [0.29, 0.717) is 0 Å². The number of nitrogens with zero attached hydrogens (tertiary/aromatic N) is 2. The van der Waals surface area contributed by atoms with Crippen LogP contribution in [0.2, 0.25) is 0 Å². The second kappa shape index (κ2) is 13.1. The summed E-state index contributed by atoms with van der Waals surface area (Å²) < 4.78 is 0. The molecule has 248 valence electrons. The summed E-state index contributed by atoms with van der Waals surface area (Å²) >= 11 is 0. The van der Waals surface area contributed by atoms with Crippen molar-refractivity contribution in [2.75, 3.05) is 0 Å². The van der Waals surface area contributed by atoms with Gasteiger partial charge in [-0.3, -0.25) is 9.80 Å². The third kappa shape index (κ3) is 5.41. The van der Waals surface area contributed by atoms with Crippen LogP contribution in [0.4, 0.5) is 0 Å². The minimum atomic E-state index is 0.954. The van der Waals surface area contributed by atoms with Crippen molar-refractivity contribution in [3.05, 3.63) is 0 Å². The van der Waals surface area contributed by atoms with E-state index in [4.69, 9.17) is 0 Å². The summed E-state index contributed by atoms with van der Waals surface area (Å²) in [6.07, 6.45) is 43.7. The highest BCUT2D eigenvalue weighted by atomic mass is 15.3. The maximum Gasteiger partial charge on any atom is 0.0135 e. The SMILES string of the molecule is C1CCC(C2CCC3C4CC(C5CCC6C(C5)C5CCCCC5N6C5CCCCC5)CCC4N(C4CCCCC4)C3C2)CC1. The third-order valence-electron chi connectivity index (χ3n) is 17.1. The molecule has 0 radical (unpaired) electrons. The van der Waals surface area contributed by atoms with Crippen LogP contribution >= 0.6 is 0 Å². The molecule has 9 fully saturated rings. The van der Waals surface area contributed by atoms with E-state index in [2.05, 4.69) is 9.80 Å². The van der Waals surface area contributed by atoms with Gasteiger partial charge in [0.25, 0.3) is 0 Å². The van der Waals surface area contributed by atoms with E-state index in [1.165, 1.54) is 89.9 Å². The first-order valence-corrected chi connectivity index (χ1v) is 21.4. The molecule has 7 aliphatic carbocycles. The largest absolute Gasteiger partial charge is 0.294 e. The van der Waals surface area contributed by atoms with Crippen LogP contribution in [0, 0.1) is 47.3 Å². The number of hydrogen-bond donors (Lipinski definition) is 0. The summed E-state index contributed by atoms with van der Waals surface area (Å²) in [4.78, 5) is 6.59. The zero-order valence-corrected chi connectivity index (χ0v) is 28.8. The van der Waals surface area contributed by atoms with Crippen LogP contribution in [-0.2, 0) is 0 Å². The first-order valence-electron chi connectivity index (χ1n) is 21.4. The van der Waals surface area contributed by atoms with Gasteiger partial charge < -0.3 is 0 Å². The number of likely N-dealkylation sites (tertiary alicyclic amines) is 2. The smallest absolute Gasteiger partial charge is 0.0135 e. The van der Waals surface area contributed by atoms with E-state index >= 15 is 0 Å². The molecule has 0 aromatic carbocycles. The van der Waals surface area contributed by atoms with Crippen molar-refractivity contribution < 1.29 is 0 Å². The lowest BCUT2D eigenvalue weighted by Gasteiger charge is -2.47. The van der Waals surface area contributed by atoms with Gasteiger partial charge in [0, 0.05) is 36.3 Å². The molecule has 0 spiro atoms. The normalized spacial score (nSPS) is 48.4. The van der Waals surface area contributed by atoms with Gasteiger partial charge in [-0.2, -0.15) is 0 Å². The summed E-state index contributed by atoms with van der Waals surface area (Å²) in [7, 11) is 0. The lowest BCUT2D eigenvalue weighted by molar-refractivity contribution is 0.0272. The van der Waals surface area contributed by atoms with E-state index in [1.807, 2.05) is 0 Å². The van der Waals surface area contributed by atoms with E-state index in [-0.39, 0.29) is 0 Å². The maximum absolute atomic E-state index is 3.34. The van der Waals surface area contributed by atoms with E-state index in [9.17, 15) is 0 Å². The van der Waals surface area contributed by atoms with Gasteiger partial charge in [-0.25, -0.2) is 0 Å². The maximum atomic E-state index is 3.34. The van der Waals surface area contributed by atoms with Gasteiger partial charge in [-0.05, 0) is 144 Å². The van der Waals surface area contributed by atoms with Gasteiger partial charge >= 0.3 is 0 Å². The molecule has 7 saturated carbocycles. The zero-order chi connectivity index (χ0) is 29.0. The number of hydrogen-bond acceptors (Lipinski definition) is 2. The topological polar surface area (TPSA) is 6.48 Å². The quantitative estimate of drug-likeness (QED) is 0.316. The predicted molar refractivity (Wildman–Crippen MR) is 184 cm³/mol. The fraction of sp³-hybridized carbons (Fsp3) is 1.00. The molecule has 2 aliphatic heterocycles. The second-order valence-electron chi connectivity index (χ2n) is 18.8. The van der Waals surface area contributed by atoms with Crippen molar-refractivity contribution >= 4 is 0 Å². The number of rotatable bonds is 4. The fourth-order valence-electron chi connectivity index (χ4n) is 15.4. The van der Waals surface area contributed by atoms with Crippen molar-refractivity contribution in [2.45, 2.75) is 216 Å². The molecule has 0 N–H and O–H groups in total. The van der Waals surface area contributed by atoms with Crippen LogP contribution in [0.25, 0.3) is 0 Å². The fourth-order valence-corrected chi connectivity index (χ4v) is 15.4. The molecular weight excluding hydrogens is 532 g/mol. The van der Waals surface area contributed by atoms with Gasteiger partial charge in [-0.1, -0.05) is 83.5 Å². The molecule has 2 heterocycles. The van der Waals surface area contributed by atoms with E-state index in [1.54, 1.807) is 89.9 Å². The highest BCUT2D eigenvalue weighted by molar-refractivity contribution is 5.10. The summed E-state index contributed by atoms with van der Waals surface area (Å²) in [6, 6.07) is 5.82. The molecule has 11 atom stereocenters. The molecule has 2 nitrogen and oxygen atoms in total. The van der Waals surface area contributed by atoms with Crippen molar-refractivity contribution in [3.63, 3.8) is 0 Å². The van der Waals surface area contributed by atoms with Crippen LogP contribution in [0.5, 0.6) is 0 Å². The molecule has 0 bridgehead atoms. The Labute approximate surface area is 272 Å². The molecule has 2 heteroatoms. The third-order valence-corrected chi connectivity index (χ3v) is 17.1. The van der Waals surface area contributed by atoms with Crippen molar-refractivity contribution in [2.24, 2.45) is 47.3 Å². The van der Waals surface area contributed by atoms with Gasteiger partial charge in [0.2, 0.25) is 0 Å². The average Bonchev–Trinajstić information content (AvgIpc) is 3.61. The van der Waals surface area contributed by atoms with Crippen LogP contribution in [0.15, 0.2) is 0 Å². The Morgan fingerprint density at radius 1 is 0.250 bits per heavy atom. The summed E-state index contributed by atoms with van der Waals surface area (Å²) in [5.74, 6) is 8.59. The van der Waals surface area contributed by atoms with Gasteiger partial charge in [0.15, 0.2) is 0 Å². The molecule has 9 rings (SSSR count). The highest BCUT2D eigenvalue weighted by Gasteiger charge is 2.57. The van der Waals surface area contributed by atoms with Gasteiger partial charge in [0.05, 0.1) is 0 Å². The zero-order valence-electron chi connectivity index (χ0n) is 28.8. The summed E-state index contributed by atoms with van der Waals surface area (Å²) in [5, 5.41) is 0. The lowest BCUT2D eigenvalue weighted by atomic mass is 9.61. The minimum absolute atomic E-state index is 0.954. The van der Waals surface area contributed by atoms with Crippen LogP contribution in [0.3, 0.4) is 0 Å². The Morgan fingerprint density at radius 3 is 1.30 bits per heavy atom. The Bertz CT molecular complexity index is 943. The van der Waals surface area contributed by atoms with Crippen molar-refractivity contribution in [1.29, 1.82) is 0 Å². The van der Waals surface area contributed by atoms with Gasteiger partial charge in [0.1, 0.15) is 0 Å². The molecule has 44 heavy (non-hydrogen) atoms. The molecule has 0 aromatic heterocycles. The van der Waals surface area contributed by atoms with E-state index in [0.717, 1.165) is 83.6 Å². The first-order chi connectivity index (χ1) is 21.8. The first kappa shape index (κ1) is 30.0. The molecule has 9 aliphatic rings. The summed E-state index contributed by atoms with van der Waals surface area (Å²) in [6.45, 7) is 0. The molecule has 0 amide bonds. The van der Waals surface area contributed by atoms with Crippen LogP contribution < -0.4 is 0 Å². The second-order valence-corrected chi connectivity index (χ2v) is 18.8. The molecule has 0 aromatic rings. The molecule has 2 saturated heterocycles. The van der Waals surface area contributed by atoms with Crippen molar-refractivity contribution in [3.8, 4) is 0 Å². The Balaban J connectivity index is 0.912. The molecular formula is C42H70N2. The Morgan fingerprint density at radius 2 is 0.682 bits per heavy atom. The van der Waals surface area contributed by atoms with E-state index < -0.39 is 0 Å². The standard InChI is InChI=1S/C42H70N2/c1-4-12-29(13-5-1)32-20-23-36-38-27-31(22-25-41(38)44(42(36)28-32)34-16-8-3-9-17-34)30-21-24-40-37(26-30)35-18-10-11-19-39(35)43(40)33-14-6-2-7-15-33/h29-42H,1-28H2. The summed E-state index contributed by atoms with van der Waals surface area (Å²) in [5.41, 5.74) is 0. The number of fused-ring (bicyclic) bond motifs is 6.